The Bertz CT molecular complexity index is 243. The molecule has 0 aliphatic carbocycles. The molecule has 1 amide bonds. The van der Waals surface area contributed by atoms with Crippen LogP contribution >= 0.6 is 0 Å². The summed E-state index contributed by atoms with van der Waals surface area (Å²) in [7, 11) is 0. The molecule has 0 radical (unpaired) electrons. The smallest absolute Gasteiger partial charge is 0.263 e. The van der Waals surface area contributed by atoms with E-state index in [0.717, 1.165) is 45.6 Å². The van der Waals surface area contributed by atoms with Gasteiger partial charge < -0.3 is 10.1 Å². The van der Waals surface area contributed by atoms with Crippen LogP contribution in [0.2, 0.25) is 0 Å². The van der Waals surface area contributed by atoms with E-state index in [1.807, 2.05) is 0 Å². The number of nitrogens with zero attached hydrogens (tertiary/aromatic N) is 1. The summed E-state index contributed by atoms with van der Waals surface area (Å²) in [6, 6.07) is 0. The summed E-state index contributed by atoms with van der Waals surface area (Å²) in [6.07, 6.45) is 1.56. The van der Waals surface area contributed by atoms with E-state index < -0.39 is 0 Å². The summed E-state index contributed by atoms with van der Waals surface area (Å²) >= 11 is 0. The van der Waals surface area contributed by atoms with Crippen LogP contribution in [0.4, 0.5) is 0 Å². The van der Waals surface area contributed by atoms with E-state index in [1.54, 1.807) is 0 Å². The Morgan fingerprint density at radius 2 is 2.19 bits per heavy atom. The molecule has 2 aliphatic rings. The van der Waals surface area contributed by atoms with Gasteiger partial charge in [-0.05, 0) is 12.8 Å². The minimum absolute atomic E-state index is 0.181. The van der Waals surface area contributed by atoms with E-state index in [1.165, 1.54) is 0 Å². The van der Waals surface area contributed by atoms with Crippen LogP contribution in [0.15, 0.2) is 0 Å². The fourth-order valence-corrected chi connectivity index (χ4v) is 2.31. The van der Waals surface area contributed by atoms with Gasteiger partial charge in [0.25, 0.3) is 5.91 Å². The lowest BCUT2D eigenvalue weighted by atomic mass is 10.2. The van der Waals surface area contributed by atoms with Gasteiger partial charge in [0, 0.05) is 32.7 Å². The Hall–Kier alpha value is -0.690. The van der Waals surface area contributed by atoms with E-state index >= 15 is 0 Å². The molecule has 2 saturated heterocycles. The molecular formula is C10H20N4O2. The topological polar surface area (TPSA) is 79.6 Å². The van der Waals surface area contributed by atoms with Crippen molar-refractivity contribution in [2.45, 2.75) is 25.0 Å². The Morgan fingerprint density at radius 3 is 2.88 bits per heavy atom. The highest BCUT2D eigenvalue weighted by molar-refractivity contribution is 5.80. The summed E-state index contributed by atoms with van der Waals surface area (Å²) in [4.78, 5) is 13.6. The molecule has 2 heterocycles. The second-order valence-corrected chi connectivity index (χ2v) is 4.38. The minimum Gasteiger partial charge on any atom is -0.364 e. The highest BCUT2D eigenvalue weighted by Crippen LogP contribution is 2.20. The number of amides is 1. The summed E-state index contributed by atoms with van der Waals surface area (Å²) < 4.78 is 5.66. The summed E-state index contributed by atoms with van der Waals surface area (Å²) in [5.74, 6) is 4.88. The molecule has 0 aromatic rings. The van der Waals surface area contributed by atoms with Gasteiger partial charge in [0.2, 0.25) is 0 Å². The fourth-order valence-electron chi connectivity index (χ4n) is 2.31. The first-order chi connectivity index (χ1) is 7.79. The van der Waals surface area contributed by atoms with Crippen LogP contribution in [0, 0.1) is 0 Å². The molecule has 2 atom stereocenters. The van der Waals surface area contributed by atoms with Gasteiger partial charge in [0.05, 0.1) is 6.10 Å². The van der Waals surface area contributed by atoms with Gasteiger partial charge in [-0.1, -0.05) is 0 Å². The number of hydrogen-bond acceptors (Lipinski definition) is 5. The molecule has 2 aliphatic heterocycles. The van der Waals surface area contributed by atoms with Crippen molar-refractivity contribution in [3.8, 4) is 0 Å². The zero-order valence-corrected chi connectivity index (χ0v) is 9.45. The molecule has 16 heavy (non-hydrogen) atoms. The van der Waals surface area contributed by atoms with E-state index in [2.05, 4.69) is 15.6 Å². The van der Waals surface area contributed by atoms with Crippen molar-refractivity contribution in [3.05, 3.63) is 0 Å². The number of ether oxygens (including phenoxy) is 1. The van der Waals surface area contributed by atoms with Crippen LogP contribution in [0.5, 0.6) is 0 Å². The van der Waals surface area contributed by atoms with Crippen molar-refractivity contribution in [3.63, 3.8) is 0 Å². The lowest BCUT2D eigenvalue weighted by molar-refractivity contribution is -0.132. The molecule has 0 bridgehead atoms. The second kappa shape index (κ2) is 5.58. The van der Waals surface area contributed by atoms with Gasteiger partial charge in [-0.2, -0.15) is 0 Å². The van der Waals surface area contributed by atoms with Crippen LogP contribution in [0.3, 0.4) is 0 Å². The summed E-state index contributed by atoms with van der Waals surface area (Å²) in [5, 5.41) is 3.31. The maximum absolute atomic E-state index is 11.3. The fraction of sp³-hybridized carbons (Fsp3) is 0.900. The number of hydrazine groups is 1. The molecule has 2 unspecified atom stereocenters. The molecule has 6 heteroatoms. The molecule has 6 nitrogen and oxygen atoms in total. The van der Waals surface area contributed by atoms with Gasteiger partial charge in [-0.15, -0.1) is 0 Å². The zero-order valence-electron chi connectivity index (χ0n) is 9.45. The predicted molar refractivity (Wildman–Crippen MR) is 59.5 cm³/mol. The van der Waals surface area contributed by atoms with Crippen LogP contribution < -0.4 is 16.6 Å². The first-order valence-corrected chi connectivity index (χ1v) is 5.88. The van der Waals surface area contributed by atoms with Gasteiger partial charge in [-0.25, -0.2) is 5.84 Å². The Morgan fingerprint density at radius 1 is 1.44 bits per heavy atom. The average molecular weight is 228 g/mol. The minimum atomic E-state index is -0.349. The first-order valence-electron chi connectivity index (χ1n) is 5.88. The van der Waals surface area contributed by atoms with Gasteiger partial charge in [0.1, 0.15) is 6.10 Å². The lowest BCUT2D eigenvalue weighted by Gasteiger charge is -2.29. The highest BCUT2D eigenvalue weighted by atomic mass is 16.5. The molecule has 92 valence electrons. The third kappa shape index (κ3) is 2.91. The Labute approximate surface area is 95.5 Å². The summed E-state index contributed by atoms with van der Waals surface area (Å²) in [5.41, 5.74) is 2.14. The third-order valence-corrected chi connectivity index (χ3v) is 3.21. The monoisotopic (exact) mass is 228 g/mol. The van der Waals surface area contributed by atoms with Crippen molar-refractivity contribution in [1.82, 2.24) is 15.6 Å². The van der Waals surface area contributed by atoms with E-state index in [9.17, 15) is 4.79 Å². The largest absolute Gasteiger partial charge is 0.364 e. The molecule has 0 aromatic heterocycles. The SMILES string of the molecule is NNC(=O)C1CCC(CN2CCNCC2)O1. The normalized spacial score (nSPS) is 31.6. The van der Waals surface area contributed by atoms with Crippen molar-refractivity contribution < 1.29 is 9.53 Å². The summed E-state index contributed by atoms with van der Waals surface area (Å²) in [6.45, 7) is 5.14. The maximum Gasteiger partial charge on any atom is 0.263 e. The second-order valence-electron chi connectivity index (χ2n) is 4.38. The van der Waals surface area contributed by atoms with E-state index in [0.29, 0.717) is 0 Å². The predicted octanol–water partition coefficient (Wildman–Crippen LogP) is -1.57. The molecule has 4 N–H and O–H groups in total. The number of hydrogen-bond donors (Lipinski definition) is 3. The van der Waals surface area contributed by atoms with Crippen molar-refractivity contribution in [1.29, 1.82) is 0 Å². The molecule has 0 saturated carbocycles. The van der Waals surface area contributed by atoms with E-state index in [4.69, 9.17) is 10.6 Å². The first kappa shape index (κ1) is 11.8. The lowest BCUT2D eigenvalue weighted by Crippen LogP contribution is -2.46. The molecular weight excluding hydrogens is 208 g/mol. The maximum atomic E-state index is 11.3. The molecule has 2 fully saturated rings. The highest BCUT2D eigenvalue weighted by Gasteiger charge is 2.31. The van der Waals surface area contributed by atoms with Crippen LogP contribution in [-0.4, -0.2) is 55.7 Å². The van der Waals surface area contributed by atoms with E-state index in [-0.39, 0.29) is 18.1 Å². The quantitative estimate of drug-likeness (QED) is 0.309. The number of carbonyl (C=O) groups is 1. The number of nitrogens with one attached hydrogen (secondary N) is 2. The molecule has 0 spiro atoms. The van der Waals surface area contributed by atoms with Crippen molar-refractivity contribution in [2.75, 3.05) is 32.7 Å². The number of carbonyl (C=O) groups excluding carboxylic acids is 1. The van der Waals surface area contributed by atoms with Crippen LogP contribution in [0.25, 0.3) is 0 Å². The standard InChI is InChI=1S/C10H20N4O2/c11-13-10(15)9-2-1-8(16-9)7-14-5-3-12-4-6-14/h8-9,12H,1-7,11H2,(H,13,15). The Kier molecular flexibility index (Phi) is 4.11. The zero-order chi connectivity index (χ0) is 11.4. The van der Waals surface area contributed by atoms with Crippen molar-refractivity contribution in [2.24, 2.45) is 5.84 Å². The third-order valence-electron chi connectivity index (χ3n) is 3.21. The number of piperazine rings is 1. The van der Waals surface area contributed by atoms with Gasteiger partial charge in [0.15, 0.2) is 0 Å². The molecule has 2 rings (SSSR count). The number of nitrogens with two attached hydrogens (primary N) is 1. The van der Waals surface area contributed by atoms with Gasteiger partial charge >= 0.3 is 0 Å². The van der Waals surface area contributed by atoms with Crippen LogP contribution in [0.1, 0.15) is 12.8 Å². The van der Waals surface area contributed by atoms with Gasteiger partial charge in [-0.3, -0.25) is 15.1 Å². The van der Waals surface area contributed by atoms with Crippen LogP contribution in [-0.2, 0) is 9.53 Å². The average Bonchev–Trinajstić information content (AvgIpc) is 2.78. The number of rotatable bonds is 3. The Balaban J connectivity index is 1.73. The molecule has 0 aromatic carbocycles. The van der Waals surface area contributed by atoms with Crippen molar-refractivity contribution >= 4 is 5.91 Å².